The first-order valence-corrected chi connectivity index (χ1v) is 9.91. The monoisotopic (exact) mass is 345 g/mol. The second-order valence-corrected chi connectivity index (χ2v) is 9.13. The molecule has 1 saturated heterocycles. The number of amides is 4. The Hall–Kier alpha value is -1.59. The first kappa shape index (κ1) is 15.6. The third-order valence-corrected chi connectivity index (χ3v) is 7.77. The van der Waals surface area contributed by atoms with E-state index in [1.165, 1.54) is 25.7 Å². The zero-order valence-corrected chi connectivity index (χ0v) is 14.8. The maximum atomic E-state index is 12.6. The molecule has 6 atom stereocenters. The van der Waals surface area contributed by atoms with E-state index in [-0.39, 0.29) is 30.3 Å². The van der Waals surface area contributed by atoms with Crippen molar-refractivity contribution in [3.05, 3.63) is 0 Å². The number of nitrogens with zero attached hydrogens (tertiary/aromatic N) is 1. The van der Waals surface area contributed by atoms with E-state index < -0.39 is 11.6 Å². The van der Waals surface area contributed by atoms with Crippen LogP contribution in [0.5, 0.6) is 0 Å². The van der Waals surface area contributed by atoms with E-state index in [1.54, 1.807) is 6.92 Å². The molecule has 5 aliphatic rings. The van der Waals surface area contributed by atoms with Crippen LogP contribution in [0.25, 0.3) is 0 Å². The SMILES string of the molecule is C[C@]1(C2CC2)NC(=O)N(CC(=O)N[C@@H]2C[C@H]3C[C@H]2[C@H]2CCC[C@@H]32)C1=O. The lowest BCUT2D eigenvalue weighted by molar-refractivity contribution is -0.135. The molecule has 25 heavy (non-hydrogen) atoms. The molecule has 136 valence electrons. The highest BCUT2D eigenvalue weighted by Gasteiger charge is 2.57. The van der Waals surface area contributed by atoms with Crippen LogP contribution in [0, 0.1) is 29.6 Å². The fourth-order valence-corrected chi connectivity index (χ4v) is 6.43. The predicted octanol–water partition coefficient (Wildman–Crippen LogP) is 1.65. The van der Waals surface area contributed by atoms with Crippen LogP contribution in [0.1, 0.15) is 51.9 Å². The lowest BCUT2D eigenvalue weighted by Crippen LogP contribution is -2.49. The third-order valence-electron chi connectivity index (χ3n) is 7.77. The van der Waals surface area contributed by atoms with E-state index in [1.807, 2.05) is 0 Å². The molecular formula is C19H27N3O3. The number of carbonyl (C=O) groups excluding carboxylic acids is 3. The van der Waals surface area contributed by atoms with Crippen molar-refractivity contribution in [3.63, 3.8) is 0 Å². The van der Waals surface area contributed by atoms with Gasteiger partial charge in [0.1, 0.15) is 12.1 Å². The van der Waals surface area contributed by atoms with Crippen LogP contribution in [0.2, 0.25) is 0 Å². The van der Waals surface area contributed by atoms with Gasteiger partial charge in [-0.1, -0.05) is 6.42 Å². The van der Waals surface area contributed by atoms with Crippen LogP contribution < -0.4 is 10.6 Å². The van der Waals surface area contributed by atoms with Crippen LogP contribution in [0.4, 0.5) is 4.79 Å². The largest absolute Gasteiger partial charge is 0.352 e. The fourth-order valence-electron chi connectivity index (χ4n) is 6.43. The van der Waals surface area contributed by atoms with Gasteiger partial charge in [-0.05, 0) is 75.0 Å². The summed E-state index contributed by atoms with van der Waals surface area (Å²) >= 11 is 0. The minimum atomic E-state index is -0.805. The highest BCUT2D eigenvalue weighted by molar-refractivity contribution is 6.09. The summed E-state index contributed by atoms with van der Waals surface area (Å²) in [5.41, 5.74) is -0.805. The van der Waals surface area contributed by atoms with E-state index in [2.05, 4.69) is 10.6 Å². The average Bonchev–Trinajstić information content (AvgIpc) is 2.95. The Labute approximate surface area is 148 Å². The molecule has 0 radical (unpaired) electrons. The van der Waals surface area contributed by atoms with Crippen molar-refractivity contribution >= 4 is 17.8 Å². The van der Waals surface area contributed by atoms with Crippen LogP contribution in [-0.4, -0.2) is 40.9 Å². The van der Waals surface area contributed by atoms with Gasteiger partial charge in [-0.2, -0.15) is 0 Å². The minimum absolute atomic E-state index is 0.144. The topological polar surface area (TPSA) is 78.5 Å². The smallest absolute Gasteiger partial charge is 0.325 e. The Morgan fingerprint density at radius 3 is 2.68 bits per heavy atom. The van der Waals surface area contributed by atoms with Gasteiger partial charge in [0.25, 0.3) is 5.91 Å². The van der Waals surface area contributed by atoms with Crippen LogP contribution in [0.3, 0.4) is 0 Å². The molecule has 1 heterocycles. The maximum Gasteiger partial charge on any atom is 0.325 e. The number of rotatable bonds is 4. The average molecular weight is 345 g/mol. The van der Waals surface area contributed by atoms with Crippen molar-refractivity contribution in [2.24, 2.45) is 29.6 Å². The first-order valence-electron chi connectivity index (χ1n) is 9.91. The second-order valence-electron chi connectivity index (χ2n) is 9.13. The Morgan fingerprint density at radius 2 is 1.92 bits per heavy atom. The van der Waals surface area contributed by atoms with E-state index in [4.69, 9.17) is 0 Å². The van der Waals surface area contributed by atoms with Crippen molar-refractivity contribution in [2.45, 2.75) is 63.5 Å². The van der Waals surface area contributed by atoms with Gasteiger partial charge < -0.3 is 10.6 Å². The molecule has 4 saturated carbocycles. The number of hydrogen-bond donors (Lipinski definition) is 2. The van der Waals surface area contributed by atoms with E-state index in [0.29, 0.717) is 5.92 Å². The Morgan fingerprint density at radius 1 is 1.16 bits per heavy atom. The van der Waals surface area contributed by atoms with E-state index in [9.17, 15) is 14.4 Å². The number of urea groups is 1. The molecule has 1 aliphatic heterocycles. The number of fused-ring (bicyclic) bond motifs is 5. The quantitative estimate of drug-likeness (QED) is 0.761. The van der Waals surface area contributed by atoms with Crippen molar-refractivity contribution in [3.8, 4) is 0 Å². The number of nitrogens with one attached hydrogen (secondary N) is 2. The highest BCUT2D eigenvalue weighted by Crippen LogP contribution is 2.58. The number of imide groups is 1. The summed E-state index contributed by atoms with van der Waals surface area (Å²) in [4.78, 5) is 38.5. The summed E-state index contributed by atoms with van der Waals surface area (Å²) in [6, 6.07) is -0.175. The van der Waals surface area contributed by atoms with Gasteiger partial charge >= 0.3 is 6.03 Å². The summed E-state index contributed by atoms with van der Waals surface area (Å²) in [5.74, 6) is 2.87. The Kier molecular flexibility index (Phi) is 3.26. The molecule has 5 fully saturated rings. The Balaban J connectivity index is 1.22. The maximum absolute atomic E-state index is 12.6. The third kappa shape index (κ3) is 2.25. The van der Waals surface area contributed by atoms with E-state index >= 15 is 0 Å². The summed E-state index contributed by atoms with van der Waals surface area (Å²) in [6.07, 6.45) is 8.29. The summed E-state index contributed by atoms with van der Waals surface area (Å²) in [7, 11) is 0. The predicted molar refractivity (Wildman–Crippen MR) is 90.3 cm³/mol. The normalized spacial score (nSPS) is 45.0. The van der Waals surface area contributed by atoms with Crippen molar-refractivity contribution in [1.29, 1.82) is 0 Å². The molecule has 4 amide bonds. The van der Waals surface area contributed by atoms with Crippen LogP contribution >= 0.6 is 0 Å². The van der Waals surface area contributed by atoms with Gasteiger partial charge in [-0.3, -0.25) is 14.5 Å². The molecule has 2 N–H and O–H groups in total. The first-order chi connectivity index (χ1) is 12.0. The van der Waals surface area contributed by atoms with Crippen LogP contribution in [-0.2, 0) is 9.59 Å². The molecule has 6 nitrogen and oxygen atoms in total. The molecule has 0 spiro atoms. The van der Waals surface area contributed by atoms with Gasteiger partial charge in [0.15, 0.2) is 0 Å². The summed E-state index contributed by atoms with van der Waals surface area (Å²) < 4.78 is 0. The van der Waals surface area contributed by atoms with Gasteiger partial charge in [0.05, 0.1) is 0 Å². The number of carbonyl (C=O) groups is 3. The summed E-state index contributed by atoms with van der Waals surface area (Å²) in [5, 5.41) is 5.96. The molecule has 0 aromatic rings. The fraction of sp³-hybridized carbons (Fsp3) is 0.842. The van der Waals surface area contributed by atoms with Crippen molar-refractivity contribution in [1.82, 2.24) is 15.5 Å². The lowest BCUT2D eigenvalue weighted by Gasteiger charge is -2.32. The van der Waals surface area contributed by atoms with Crippen molar-refractivity contribution in [2.75, 3.05) is 6.54 Å². The van der Waals surface area contributed by atoms with Crippen molar-refractivity contribution < 1.29 is 14.4 Å². The molecule has 0 aromatic heterocycles. The Bertz CT molecular complexity index is 646. The van der Waals surface area contributed by atoms with E-state index in [0.717, 1.165) is 41.9 Å². The zero-order chi connectivity index (χ0) is 17.3. The molecule has 5 rings (SSSR count). The summed E-state index contributed by atoms with van der Waals surface area (Å²) in [6.45, 7) is 1.65. The van der Waals surface area contributed by atoms with Gasteiger partial charge in [0.2, 0.25) is 5.91 Å². The molecular weight excluding hydrogens is 318 g/mol. The second kappa shape index (κ2) is 5.21. The van der Waals surface area contributed by atoms with Gasteiger partial charge in [-0.25, -0.2) is 4.79 Å². The molecule has 0 aromatic carbocycles. The molecule has 6 heteroatoms. The van der Waals surface area contributed by atoms with Gasteiger partial charge in [0, 0.05) is 6.04 Å². The highest BCUT2D eigenvalue weighted by atomic mass is 16.2. The minimum Gasteiger partial charge on any atom is -0.352 e. The zero-order valence-electron chi connectivity index (χ0n) is 14.8. The molecule has 4 aliphatic carbocycles. The van der Waals surface area contributed by atoms with Crippen LogP contribution in [0.15, 0.2) is 0 Å². The number of hydrogen-bond acceptors (Lipinski definition) is 3. The molecule has 2 bridgehead atoms. The standard InChI is InChI=1S/C19H27N3O3/c1-19(11-5-6-11)17(24)22(18(25)21-19)9-16(23)20-15-8-10-7-14(15)13-4-2-3-12(10)13/h10-15H,2-9H2,1H3,(H,20,23)(H,21,25)/t10-,12+,13+,14+,15-,19-/m1/s1. The van der Waals surface area contributed by atoms with Gasteiger partial charge in [-0.15, -0.1) is 0 Å². The lowest BCUT2D eigenvalue weighted by atomic mass is 9.79. The molecule has 0 unspecified atom stereocenters.